The number of aryl methyl sites for hydroxylation is 1. The van der Waals surface area contributed by atoms with Crippen molar-refractivity contribution in [2.75, 3.05) is 20.2 Å². The molecule has 7 nitrogen and oxygen atoms in total. The van der Waals surface area contributed by atoms with Gasteiger partial charge in [-0.3, -0.25) is 9.59 Å². The molecular formula is C29H31N3O4. The molecule has 0 aromatic heterocycles. The first kappa shape index (κ1) is 25.1. The lowest BCUT2D eigenvalue weighted by molar-refractivity contribution is -0.124. The van der Waals surface area contributed by atoms with E-state index in [0.29, 0.717) is 24.1 Å². The van der Waals surface area contributed by atoms with Crippen LogP contribution in [0.5, 0.6) is 0 Å². The predicted octanol–water partition coefficient (Wildman–Crippen LogP) is 4.12. The second-order valence-corrected chi connectivity index (χ2v) is 8.89. The van der Waals surface area contributed by atoms with Gasteiger partial charge >= 0.3 is 0 Å². The van der Waals surface area contributed by atoms with Crippen molar-refractivity contribution in [2.24, 2.45) is 5.16 Å². The van der Waals surface area contributed by atoms with Crippen molar-refractivity contribution >= 4 is 17.5 Å². The third kappa shape index (κ3) is 5.80. The number of carbonyl (C=O) groups excluding carboxylic acids is 2. The van der Waals surface area contributed by atoms with Crippen LogP contribution in [0.3, 0.4) is 0 Å². The fourth-order valence-electron chi connectivity index (χ4n) is 4.49. The molecule has 186 valence electrons. The van der Waals surface area contributed by atoms with E-state index in [1.165, 1.54) is 12.0 Å². The van der Waals surface area contributed by atoms with Crippen LogP contribution in [-0.4, -0.2) is 53.8 Å². The molecule has 1 fully saturated rings. The van der Waals surface area contributed by atoms with E-state index in [2.05, 4.69) is 29.5 Å². The average molecular weight is 486 g/mol. The molecule has 1 saturated heterocycles. The number of rotatable bonds is 8. The van der Waals surface area contributed by atoms with Gasteiger partial charge in [0.1, 0.15) is 13.2 Å². The van der Waals surface area contributed by atoms with Crippen LogP contribution in [0.4, 0.5) is 0 Å². The number of hydrogen-bond acceptors (Lipinski definition) is 5. The lowest BCUT2D eigenvalue weighted by atomic mass is 9.99. The Morgan fingerprint density at radius 3 is 2.44 bits per heavy atom. The Kier molecular flexibility index (Phi) is 8.13. The smallest absolute Gasteiger partial charge is 0.254 e. The number of amides is 2. The Balaban J connectivity index is 1.44. The molecule has 3 aromatic carbocycles. The Morgan fingerprint density at radius 1 is 1.06 bits per heavy atom. The zero-order valence-corrected chi connectivity index (χ0v) is 20.6. The summed E-state index contributed by atoms with van der Waals surface area (Å²) >= 11 is 0. The summed E-state index contributed by atoms with van der Waals surface area (Å²) in [7, 11) is 1.45. The molecule has 0 aliphatic carbocycles. The molecule has 7 heteroatoms. The van der Waals surface area contributed by atoms with Crippen LogP contribution in [0.25, 0.3) is 11.1 Å². The second kappa shape index (κ2) is 11.6. The highest BCUT2D eigenvalue weighted by Crippen LogP contribution is 2.25. The number of oxime groups is 1. The van der Waals surface area contributed by atoms with Crippen molar-refractivity contribution in [3.05, 3.63) is 95.6 Å². The van der Waals surface area contributed by atoms with Gasteiger partial charge in [-0.05, 0) is 47.7 Å². The molecule has 1 aliphatic heterocycles. The van der Waals surface area contributed by atoms with E-state index in [0.717, 1.165) is 22.3 Å². The van der Waals surface area contributed by atoms with Crippen LogP contribution in [-0.2, 0) is 9.63 Å². The highest BCUT2D eigenvalue weighted by Gasteiger charge is 2.38. The molecule has 3 aromatic rings. The van der Waals surface area contributed by atoms with Crippen molar-refractivity contribution in [3.8, 4) is 11.1 Å². The largest absolute Gasteiger partial charge is 0.399 e. The predicted molar refractivity (Wildman–Crippen MR) is 140 cm³/mol. The van der Waals surface area contributed by atoms with Crippen LogP contribution in [0.15, 0.2) is 84.0 Å². The first-order valence-corrected chi connectivity index (χ1v) is 12.0. The van der Waals surface area contributed by atoms with E-state index in [1.807, 2.05) is 54.6 Å². The van der Waals surface area contributed by atoms with E-state index in [-0.39, 0.29) is 24.9 Å². The van der Waals surface area contributed by atoms with Gasteiger partial charge in [-0.1, -0.05) is 71.9 Å². The van der Waals surface area contributed by atoms with E-state index >= 15 is 0 Å². The van der Waals surface area contributed by atoms with Crippen molar-refractivity contribution < 1.29 is 19.5 Å². The van der Waals surface area contributed by atoms with Gasteiger partial charge in [-0.25, -0.2) is 0 Å². The van der Waals surface area contributed by atoms with E-state index in [9.17, 15) is 14.7 Å². The van der Waals surface area contributed by atoms with E-state index in [1.54, 1.807) is 12.1 Å². The second-order valence-electron chi connectivity index (χ2n) is 8.89. The lowest BCUT2D eigenvalue weighted by Gasteiger charge is -2.24. The van der Waals surface area contributed by atoms with Gasteiger partial charge in [-0.15, -0.1) is 0 Å². The number of aliphatic hydroxyl groups is 1. The minimum absolute atomic E-state index is 0.219. The lowest BCUT2D eigenvalue weighted by Crippen LogP contribution is -2.46. The maximum atomic E-state index is 13.4. The minimum atomic E-state index is -0.698. The topological polar surface area (TPSA) is 91.2 Å². The molecule has 2 atom stereocenters. The number of likely N-dealkylation sites (tertiary alicyclic amines) is 1. The fraction of sp³-hybridized carbons (Fsp3) is 0.276. The van der Waals surface area contributed by atoms with Crippen molar-refractivity contribution in [1.29, 1.82) is 0 Å². The summed E-state index contributed by atoms with van der Waals surface area (Å²) in [4.78, 5) is 32.9. The fourth-order valence-corrected chi connectivity index (χ4v) is 4.49. The van der Waals surface area contributed by atoms with Crippen LogP contribution in [0.1, 0.15) is 40.4 Å². The molecule has 0 saturated carbocycles. The Hall–Kier alpha value is -3.97. The molecule has 0 radical (unpaired) electrons. The molecule has 1 aliphatic rings. The maximum absolute atomic E-state index is 13.4. The van der Waals surface area contributed by atoms with E-state index < -0.39 is 12.1 Å². The summed E-state index contributed by atoms with van der Waals surface area (Å²) in [5, 5.41) is 17.2. The van der Waals surface area contributed by atoms with Crippen LogP contribution < -0.4 is 5.32 Å². The summed E-state index contributed by atoms with van der Waals surface area (Å²) < 4.78 is 0. The van der Waals surface area contributed by atoms with Gasteiger partial charge in [0.15, 0.2) is 0 Å². The first-order chi connectivity index (χ1) is 17.5. The molecule has 4 rings (SSSR count). The van der Waals surface area contributed by atoms with Gasteiger partial charge in [0.2, 0.25) is 5.91 Å². The Morgan fingerprint density at radius 2 is 1.75 bits per heavy atom. The molecule has 36 heavy (non-hydrogen) atoms. The number of nitrogens with zero attached hydrogens (tertiary/aromatic N) is 2. The quantitative estimate of drug-likeness (QED) is 0.470. The monoisotopic (exact) mass is 485 g/mol. The van der Waals surface area contributed by atoms with Crippen LogP contribution in [0.2, 0.25) is 0 Å². The summed E-state index contributed by atoms with van der Waals surface area (Å²) in [6.45, 7) is 2.56. The molecule has 1 heterocycles. The summed E-state index contributed by atoms with van der Waals surface area (Å²) in [6.07, 6.45) is -0.00536. The van der Waals surface area contributed by atoms with Crippen molar-refractivity contribution in [2.45, 2.75) is 31.9 Å². The van der Waals surface area contributed by atoms with Gasteiger partial charge < -0.3 is 20.2 Å². The zero-order valence-electron chi connectivity index (χ0n) is 20.6. The van der Waals surface area contributed by atoms with Crippen molar-refractivity contribution in [3.63, 3.8) is 0 Å². The molecule has 0 bridgehead atoms. The summed E-state index contributed by atoms with van der Waals surface area (Å²) in [6, 6.07) is 24.1. The van der Waals surface area contributed by atoms with E-state index in [4.69, 9.17) is 4.84 Å². The number of carbonyl (C=O) groups is 2. The Labute approximate surface area is 211 Å². The Bertz CT molecular complexity index is 1220. The molecule has 2 N–H and O–H groups in total. The molecule has 0 spiro atoms. The molecular weight excluding hydrogens is 454 g/mol. The zero-order chi connectivity index (χ0) is 25.5. The van der Waals surface area contributed by atoms with Gasteiger partial charge in [0.25, 0.3) is 5.91 Å². The number of nitrogens with one attached hydrogen (secondary N) is 1. The third-order valence-corrected chi connectivity index (χ3v) is 6.43. The average Bonchev–Trinajstić information content (AvgIpc) is 3.33. The minimum Gasteiger partial charge on any atom is -0.399 e. The van der Waals surface area contributed by atoms with Crippen molar-refractivity contribution in [1.82, 2.24) is 10.2 Å². The molecule has 2 amide bonds. The van der Waals surface area contributed by atoms with Crippen LogP contribution >= 0.6 is 0 Å². The first-order valence-electron chi connectivity index (χ1n) is 12.0. The number of benzene rings is 3. The highest BCUT2D eigenvalue weighted by atomic mass is 16.6. The highest BCUT2D eigenvalue weighted by molar-refractivity contribution is 6.05. The van der Waals surface area contributed by atoms with Gasteiger partial charge in [0.05, 0.1) is 18.4 Å². The normalized spacial score (nSPS) is 17.1. The number of hydrogen-bond donors (Lipinski definition) is 2. The SMILES string of the molecule is CO/N=C1\CC(C(=O)NCCC(O)c2ccccc2)N(C(=O)c2ccc(-c3ccccc3C)cc2)C1. The van der Waals surface area contributed by atoms with Gasteiger partial charge in [0, 0.05) is 18.5 Å². The summed E-state index contributed by atoms with van der Waals surface area (Å²) in [5.41, 5.74) is 5.23. The molecule has 2 unspecified atom stereocenters. The summed E-state index contributed by atoms with van der Waals surface area (Å²) in [5.74, 6) is -0.515. The number of aliphatic hydroxyl groups excluding tert-OH is 1. The standard InChI is InChI=1S/C29H31N3O4/c1-20-8-6-7-11-25(20)21-12-14-23(15-13-21)29(35)32-19-24(31-36-2)18-26(32)28(34)30-17-16-27(33)22-9-4-3-5-10-22/h3-15,26-27,33H,16-19H2,1-2H3,(H,30,34)/b31-24+. The van der Waals surface area contributed by atoms with Crippen LogP contribution in [0, 0.1) is 6.92 Å². The third-order valence-electron chi connectivity index (χ3n) is 6.43. The van der Waals surface area contributed by atoms with Gasteiger partial charge in [-0.2, -0.15) is 0 Å². The maximum Gasteiger partial charge on any atom is 0.254 e.